The standard InChI is InChI=1S/C15H12ClIN2/c16-13-6-7-15(14(17)8-13)19-10-12(9-18)11-4-2-1-3-5-11/h1-8,12,19H,10H2. The van der Waals surface area contributed by atoms with E-state index in [4.69, 9.17) is 11.6 Å². The smallest absolute Gasteiger partial charge is 0.0885 e. The highest BCUT2D eigenvalue weighted by Gasteiger charge is 2.10. The van der Waals surface area contributed by atoms with Gasteiger partial charge in [-0.3, -0.25) is 0 Å². The molecule has 0 fully saturated rings. The Bertz CT molecular complexity index is 593. The molecule has 0 heterocycles. The summed E-state index contributed by atoms with van der Waals surface area (Å²) in [5, 5.41) is 13.3. The number of anilines is 1. The summed E-state index contributed by atoms with van der Waals surface area (Å²) < 4.78 is 1.05. The average molecular weight is 383 g/mol. The molecule has 0 amide bonds. The van der Waals surface area contributed by atoms with Gasteiger partial charge >= 0.3 is 0 Å². The number of hydrogen-bond donors (Lipinski definition) is 1. The van der Waals surface area contributed by atoms with Gasteiger partial charge in [0.25, 0.3) is 0 Å². The Kier molecular flexibility index (Phi) is 5.06. The summed E-state index contributed by atoms with van der Waals surface area (Å²) in [6.07, 6.45) is 0. The summed E-state index contributed by atoms with van der Waals surface area (Å²) in [5.74, 6) is -0.160. The van der Waals surface area contributed by atoms with Crippen molar-refractivity contribution in [3.8, 4) is 6.07 Å². The van der Waals surface area contributed by atoms with Crippen LogP contribution < -0.4 is 5.32 Å². The van der Waals surface area contributed by atoms with E-state index < -0.39 is 0 Å². The Hall–Kier alpha value is -1.25. The number of rotatable bonds is 4. The number of halogens is 2. The van der Waals surface area contributed by atoms with Crippen LogP contribution in [0.1, 0.15) is 11.5 Å². The normalized spacial score (nSPS) is 11.6. The third kappa shape index (κ3) is 3.85. The zero-order valence-corrected chi connectivity index (χ0v) is 13.0. The molecule has 0 aliphatic carbocycles. The predicted octanol–water partition coefficient (Wildman–Crippen LogP) is 4.66. The Morgan fingerprint density at radius 3 is 2.58 bits per heavy atom. The van der Waals surface area contributed by atoms with Crippen LogP contribution in [0.15, 0.2) is 48.5 Å². The summed E-state index contributed by atoms with van der Waals surface area (Å²) in [4.78, 5) is 0. The predicted molar refractivity (Wildman–Crippen MR) is 87.5 cm³/mol. The molecule has 1 unspecified atom stereocenters. The van der Waals surface area contributed by atoms with Crippen molar-refractivity contribution in [2.45, 2.75) is 5.92 Å². The fraction of sp³-hybridized carbons (Fsp3) is 0.133. The molecular weight excluding hydrogens is 371 g/mol. The first-order valence-electron chi connectivity index (χ1n) is 5.84. The van der Waals surface area contributed by atoms with E-state index in [0.717, 1.165) is 19.8 Å². The van der Waals surface area contributed by atoms with Crippen molar-refractivity contribution >= 4 is 39.9 Å². The Morgan fingerprint density at radius 1 is 1.21 bits per heavy atom. The Balaban J connectivity index is 2.07. The maximum absolute atomic E-state index is 9.26. The van der Waals surface area contributed by atoms with E-state index in [1.807, 2.05) is 48.5 Å². The molecule has 96 valence electrons. The molecule has 0 aromatic heterocycles. The van der Waals surface area contributed by atoms with Crippen LogP contribution in [-0.4, -0.2) is 6.54 Å². The van der Waals surface area contributed by atoms with Crippen molar-refractivity contribution in [1.29, 1.82) is 5.26 Å². The van der Waals surface area contributed by atoms with Crippen LogP contribution in [0.3, 0.4) is 0 Å². The first kappa shape index (κ1) is 14.2. The molecule has 2 aromatic rings. The monoisotopic (exact) mass is 382 g/mol. The topological polar surface area (TPSA) is 35.8 Å². The molecule has 1 N–H and O–H groups in total. The maximum Gasteiger partial charge on any atom is 0.0885 e. The molecule has 0 saturated heterocycles. The van der Waals surface area contributed by atoms with E-state index in [1.54, 1.807) is 0 Å². The largest absolute Gasteiger partial charge is 0.383 e. The molecule has 1 atom stereocenters. The molecule has 0 bridgehead atoms. The van der Waals surface area contributed by atoms with E-state index in [1.165, 1.54) is 0 Å². The van der Waals surface area contributed by atoms with Crippen LogP contribution in [0.5, 0.6) is 0 Å². The van der Waals surface area contributed by atoms with Gasteiger partial charge in [0.15, 0.2) is 0 Å². The Morgan fingerprint density at radius 2 is 1.95 bits per heavy atom. The summed E-state index contributed by atoms with van der Waals surface area (Å²) in [6.45, 7) is 0.581. The van der Waals surface area contributed by atoms with Crippen molar-refractivity contribution in [1.82, 2.24) is 0 Å². The van der Waals surface area contributed by atoms with Crippen molar-refractivity contribution in [3.05, 3.63) is 62.7 Å². The van der Waals surface area contributed by atoms with E-state index in [2.05, 4.69) is 34.0 Å². The van der Waals surface area contributed by atoms with Gasteiger partial charge in [-0.1, -0.05) is 41.9 Å². The lowest BCUT2D eigenvalue weighted by molar-refractivity contribution is 0.900. The summed E-state index contributed by atoms with van der Waals surface area (Å²) in [7, 11) is 0. The molecule has 0 spiro atoms. The molecule has 2 rings (SSSR count). The van der Waals surface area contributed by atoms with E-state index in [-0.39, 0.29) is 5.92 Å². The lowest BCUT2D eigenvalue weighted by Crippen LogP contribution is -2.11. The second kappa shape index (κ2) is 6.78. The summed E-state index contributed by atoms with van der Waals surface area (Å²) in [6, 6.07) is 17.8. The molecule has 0 saturated carbocycles. The van der Waals surface area contributed by atoms with Crippen LogP contribution in [0.4, 0.5) is 5.69 Å². The van der Waals surface area contributed by atoms with E-state index in [9.17, 15) is 5.26 Å². The molecule has 2 aromatic carbocycles. The van der Waals surface area contributed by atoms with Crippen molar-refractivity contribution in [2.24, 2.45) is 0 Å². The minimum atomic E-state index is -0.160. The number of hydrogen-bond acceptors (Lipinski definition) is 2. The lowest BCUT2D eigenvalue weighted by Gasteiger charge is -2.13. The van der Waals surface area contributed by atoms with Gasteiger partial charge in [0, 0.05) is 20.8 Å². The molecule has 0 aliphatic heterocycles. The average Bonchev–Trinajstić information content (AvgIpc) is 2.43. The SMILES string of the molecule is N#CC(CNc1ccc(Cl)cc1I)c1ccccc1. The molecule has 0 radical (unpaired) electrons. The highest BCUT2D eigenvalue weighted by molar-refractivity contribution is 14.1. The fourth-order valence-electron chi connectivity index (χ4n) is 1.77. The van der Waals surface area contributed by atoms with Crippen molar-refractivity contribution < 1.29 is 0 Å². The summed E-state index contributed by atoms with van der Waals surface area (Å²) in [5.41, 5.74) is 2.03. The molecular formula is C15H12ClIN2. The maximum atomic E-state index is 9.26. The van der Waals surface area contributed by atoms with Gasteiger partial charge in [-0.05, 0) is 46.4 Å². The van der Waals surface area contributed by atoms with Crippen LogP contribution in [0.2, 0.25) is 5.02 Å². The second-order valence-electron chi connectivity index (χ2n) is 4.10. The fourth-order valence-corrected chi connectivity index (χ4v) is 2.83. The van der Waals surface area contributed by atoms with Crippen molar-refractivity contribution in [2.75, 3.05) is 11.9 Å². The second-order valence-corrected chi connectivity index (χ2v) is 5.70. The van der Waals surface area contributed by atoms with Crippen molar-refractivity contribution in [3.63, 3.8) is 0 Å². The third-order valence-corrected chi connectivity index (χ3v) is 3.91. The van der Waals surface area contributed by atoms with Crippen LogP contribution >= 0.6 is 34.2 Å². The first-order chi connectivity index (χ1) is 9.20. The molecule has 4 heteroatoms. The molecule has 0 aliphatic rings. The van der Waals surface area contributed by atoms with Gasteiger partial charge in [-0.25, -0.2) is 0 Å². The van der Waals surface area contributed by atoms with Crippen LogP contribution in [-0.2, 0) is 0 Å². The zero-order chi connectivity index (χ0) is 13.7. The van der Waals surface area contributed by atoms with Gasteiger partial charge in [0.1, 0.15) is 0 Å². The number of nitrogens with one attached hydrogen (secondary N) is 1. The highest BCUT2D eigenvalue weighted by Crippen LogP contribution is 2.23. The van der Waals surface area contributed by atoms with Crippen LogP contribution in [0.25, 0.3) is 0 Å². The van der Waals surface area contributed by atoms with E-state index >= 15 is 0 Å². The quantitative estimate of drug-likeness (QED) is 0.780. The number of nitrogens with zero attached hydrogens (tertiary/aromatic N) is 1. The molecule has 19 heavy (non-hydrogen) atoms. The Labute approximate surface area is 131 Å². The number of benzene rings is 2. The molecule has 2 nitrogen and oxygen atoms in total. The minimum Gasteiger partial charge on any atom is -0.383 e. The van der Waals surface area contributed by atoms with Gasteiger partial charge in [0.2, 0.25) is 0 Å². The van der Waals surface area contributed by atoms with E-state index in [0.29, 0.717) is 6.54 Å². The van der Waals surface area contributed by atoms with Crippen LogP contribution in [0, 0.1) is 14.9 Å². The summed E-state index contributed by atoms with van der Waals surface area (Å²) >= 11 is 8.15. The lowest BCUT2D eigenvalue weighted by atomic mass is 10.0. The van der Waals surface area contributed by atoms with Gasteiger partial charge in [0.05, 0.1) is 12.0 Å². The highest BCUT2D eigenvalue weighted by atomic mass is 127. The first-order valence-corrected chi connectivity index (χ1v) is 7.30. The third-order valence-electron chi connectivity index (χ3n) is 2.79. The van der Waals surface area contributed by atoms with Gasteiger partial charge in [-0.15, -0.1) is 0 Å². The zero-order valence-electron chi connectivity index (χ0n) is 10.1. The van der Waals surface area contributed by atoms with Gasteiger partial charge in [-0.2, -0.15) is 5.26 Å². The number of nitriles is 1. The van der Waals surface area contributed by atoms with Gasteiger partial charge < -0.3 is 5.32 Å². The minimum absolute atomic E-state index is 0.160.